The maximum atomic E-state index is 12.6. The standard InChI is InChI=1S/C18H27N3O3S/c1-5-8-11-25(23,24)20-14-9-10-16-15(12-14)13(4)17(19-16)18(22)21(6-2)7-3/h9-10,12,19-20H,5-8,11H2,1-4H3. The molecular weight excluding hydrogens is 338 g/mol. The molecule has 1 heterocycles. The Balaban J connectivity index is 2.35. The Hall–Kier alpha value is -2.02. The van der Waals surface area contributed by atoms with E-state index in [4.69, 9.17) is 0 Å². The van der Waals surface area contributed by atoms with E-state index >= 15 is 0 Å². The maximum Gasteiger partial charge on any atom is 0.270 e. The van der Waals surface area contributed by atoms with E-state index in [2.05, 4.69) is 9.71 Å². The number of unbranched alkanes of at least 4 members (excludes halogenated alkanes) is 1. The number of aryl methyl sites for hydroxylation is 1. The van der Waals surface area contributed by atoms with Gasteiger partial charge < -0.3 is 9.88 Å². The molecule has 7 heteroatoms. The number of anilines is 1. The Morgan fingerprint density at radius 3 is 2.48 bits per heavy atom. The average molecular weight is 365 g/mol. The zero-order chi connectivity index (χ0) is 18.6. The third kappa shape index (κ3) is 4.34. The van der Waals surface area contributed by atoms with Crippen LogP contribution in [0, 0.1) is 6.92 Å². The fourth-order valence-corrected chi connectivity index (χ4v) is 4.09. The molecule has 0 saturated heterocycles. The first-order valence-corrected chi connectivity index (χ1v) is 10.4. The Labute approximate surface area is 149 Å². The highest BCUT2D eigenvalue weighted by atomic mass is 32.2. The Kier molecular flexibility index (Phi) is 6.11. The quantitative estimate of drug-likeness (QED) is 0.751. The van der Waals surface area contributed by atoms with E-state index in [9.17, 15) is 13.2 Å². The first-order valence-electron chi connectivity index (χ1n) is 8.75. The number of hydrogen-bond acceptors (Lipinski definition) is 3. The summed E-state index contributed by atoms with van der Waals surface area (Å²) in [6.45, 7) is 9.02. The van der Waals surface area contributed by atoms with Gasteiger partial charge in [0.05, 0.1) is 5.75 Å². The van der Waals surface area contributed by atoms with Crippen LogP contribution in [0.4, 0.5) is 5.69 Å². The van der Waals surface area contributed by atoms with E-state index < -0.39 is 10.0 Å². The molecule has 138 valence electrons. The van der Waals surface area contributed by atoms with Crippen molar-refractivity contribution in [2.75, 3.05) is 23.6 Å². The van der Waals surface area contributed by atoms with Gasteiger partial charge in [0.1, 0.15) is 5.69 Å². The molecule has 0 saturated carbocycles. The molecule has 1 aromatic heterocycles. The predicted octanol–water partition coefficient (Wildman–Crippen LogP) is 3.50. The summed E-state index contributed by atoms with van der Waals surface area (Å²) < 4.78 is 26.8. The van der Waals surface area contributed by atoms with Crippen LogP contribution in [-0.4, -0.2) is 43.1 Å². The number of aromatic amines is 1. The summed E-state index contributed by atoms with van der Waals surface area (Å²) in [5.74, 6) is 0.0723. The number of sulfonamides is 1. The molecule has 0 atom stereocenters. The number of hydrogen-bond donors (Lipinski definition) is 2. The number of benzene rings is 1. The van der Waals surface area contributed by atoms with Crippen LogP contribution in [0.25, 0.3) is 10.9 Å². The second kappa shape index (κ2) is 7.91. The van der Waals surface area contributed by atoms with Crippen molar-refractivity contribution in [2.45, 2.75) is 40.5 Å². The first kappa shape index (κ1) is 19.3. The highest BCUT2D eigenvalue weighted by Crippen LogP contribution is 2.26. The predicted molar refractivity (Wildman–Crippen MR) is 103 cm³/mol. The number of nitrogens with zero attached hydrogens (tertiary/aromatic N) is 1. The second-order valence-electron chi connectivity index (χ2n) is 6.14. The molecule has 0 aliphatic rings. The van der Waals surface area contributed by atoms with Crippen molar-refractivity contribution < 1.29 is 13.2 Å². The van der Waals surface area contributed by atoms with E-state index in [1.54, 1.807) is 23.1 Å². The third-order valence-corrected chi connectivity index (χ3v) is 5.74. The zero-order valence-electron chi connectivity index (χ0n) is 15.3. The van der Waals surface area contributed by atoms with Crippen LogP contribution >= 0.6 is 0 Å². The zero-order valence-corrected chi connectivity index (χ0v) is 16.2. The number of nitrogens with one attached hydrogen (secondary N) is 2. The molecule has 0 aliphatic heterocycles. The summed E-state index contributed by atoms with van der Waals surface area (Å²) in [5, 5.41) is 0.853. The lowest BCUT2D eigenvalue weighted by atomic mass is 10.1. The summed E-state index contributed by atoms with van der Waals surface area (Å²) in [6.07, 6.45) is 1.46. The minimum Gasteiger partial charge on any atom is -0.350 e. The maximum absolute atomic E-state index is 12.6. The number of rotatable bonds is 8. The molecule has 0 radical (unpaired) electrons. The number of carbonyl (C=O) groups excluding carboxylic acids is 1. The van der Waals surface area contributed by atoms with Crippen LogP contribution in [0.1, 0.15) is 49.7 Å². The van der Waals surface area contributed by atoms with Gasteiger partial charge in [0.15, 0.2) is 0 Å². The molecule has 1 aromatic carbocycles. The second-order valence-corrected chi connectivity index (χ2v) is 7.98. The number of carbonyl (C=O) groups is 1. The monoisotopic (exact) mass is 365 g/mol. The molecule has 2 rings (SSSR count). The fraction of sp³-hybridized carbons (Fsp3) is 0.500. The lowest BCUT2D eigenvalue weighted by molar-refractivity contribution is 0.0767. The van der Waals surface area contributed by atoms with Crippen molar-refractivity contribution in [3.8, 4) is 0 Å². The van der Waals surface area contributed by atoms with Crippen LogP contribution in [0.15, 0.2) is 18.2 Å². The van der Waals surface area contributed by atoms with Crippen LogP contribution < -0.4 is 4.72 Å². The average Bonchev–Trinajstić information content (AvgIpc) is 2.90. The summed E-state index contributed by atoms with van der Waals surface area (Å²) in [7, 11) is -3.34. The van der Waals surface area contributed by atoms with Gasteiger partial charge in [-0.25, -0.2) is 8.42 Å². The molecule has 0 unspecified atom stereocenters. The van der Waals surface area contributed by atoms with Crippen molar-refractivity contribution in [1.82, 2.24) is 9.88 Å². The van der Waals surface area contributed by atoms with Gasteiger partial charge in [0.2, 0.25) is 10.0 Å². The largest absolute Gasteiger partial charge is 0.350 e. The number of amides is 1. The van der Waals surface area contributed by atoms with Crippen molar-refractivity contribution >= 4 is 32.5 Å². The van der Waals surface area contributed by atoms with Gasteiger partial charge in [0, 0.05) is 29.7 Å². The van der Waals surface area contributed by atoms with Crippen LogP contribution in [0.2, 0.25) is 0 Å². The highest BCUT2D eigenvalue weighted by Gasteiger charge is 2.19. The molecule has 25 heavy (non-hydrogen) atoms. The minimum absolute atomic E-state index is 0.0382. The van der Waals surface area contributed by atoms with E-state index in [1.807, 2.05) is 27.7 Å². The normalized spacial score (nSPS) is 11.7. The van der Waals surface area contributed by atoms with Gasteiger partial charge >= 0.3 is 0 Å². The van der Waals surface area contributed by atoms with Gasteiger partial charge in [-0.2, -0.15) is 0 Å². The lowest BCUT2D eigenvalue weighted by Gasteiger charge is -2.18. The van der Waals surface area contributed by atoms with Crippen molar-refractivity contribution in [3.05, 3.63) is 29.5 Å². The molecule has 0 fully saturated rings. The van der Waals surface area contributed by atoms with Gasteiger partial charge in [-0.15, -0.1) is 0 Å². The smallest absolute Gasteiger partial charge is 0.270 e. The van der Waals surface area contributed by atoms with Gasteiger partial charge in [-0.3, -0.25) is 9.52 Å². The van der Waals surface area contributed by atoms with Gasteiger partial charge in [0.25, 0.3) is 5.91 Å². The minimum atomic E-state index is -3.34. The Morgan fingerprint density at radius 2 is 1.88 bits per heavy atom. The number of H-pyrrole nitrogens is 1. The highest BCUT2D eigenvalue weighted by molar-refractivity contribution is 7.92. The number of fused-ring (bicyclic) bond motifs is 1. The first-order chi connectivity index (χ1) is 11.8. The summed E-state index contributed by atoms with van der Waals surface area (Å²) >= 11 is 0. The van der Waals surface area contributed by atoms with Gasteiger partial charge in [-0.05, 0) is 51.0 Å². The Bertz CT molecular complexity index is 852. The molecule has 1 amide bonds. The SMILES string of the molecule is CCCCS(=O)(=O)Nc1ccc2[nH]c(C(=O)N(CC)CC)c(C)c2c1. The summed E-state index contributed by atoms with van der Waals surface area (Å²) in [4.78, 5) is 17.5. The molecule has 2 aromatic rings. The molecule has 0 spiro atoms. The van der Waals surface area contributed by atoms with Crippen LogP contribution in [0.5, 0.6) is 0 Å². The van der Waals surface area contributed by atoms with Crippen molar-refractivity contribution in [1.29, 1.82) is 0 Å². The van der Waals surface area contributed by atoms with E-state index in [-0.39, 0.29) is 11.7 Å². The molecule has 6 nitrogen and oxygen atoms in total. The fourth-order valence-electron chi connectivity index (χ4n) is 2.84. The number of aromatic nitrogens is 1. The summed E-state index contributed by atoms with van der Waals surface area (Å²) in [5.41, 5.74) is 2.74. The molecular formula is C18H27N3O3S. The molecule has 0 bridgehead atoms. The van der Waals surface area contributed by atoms with E-state index in [0.717, 1.165) is 22.9 Å². The Morgan fingerprint density at radius 1 is 1.20 bits per heavy atom. The van der Waals surface area contributed by atoms with E-state index in [1.165, 1.54) is 0 Å². The van der Waals surface area contributed by atoms with Crippen LogP contribution in [0.3, 0.4) is 0 Å². The third-order valence-electron chi connectivity index (χ3n) is 4.36. The van der Waals surface area contributed by atoms with Crippen molar-refractivity contribution in [3.63, 3.8) is 0 Å². The van der Waals surface area contributed by atoms with Gasteiger partial charge in [-0.1, -0.05) is 13.3 Å². The van der Waals surface area contributed by atoms with Crippen LogP contribution in [-0.2, 0) is 10.0 Å². The van der Waals surface area contributed by atoms with Crippen molar-refractivity contribution in [2.24, 2.45) is 0 Å². The lowest BCUT2D eigenvalue weighted by Crippen LogP contribution is -2.31. The molecule has 2 N–H and O–H groups in total. The summed E-state index contributed by atoms with van der Waals surface area (Å²) in [6, 6.07) is 5.30. The topological polar surface area (TPSA) is 82.3 Å². The molecule has 0 aliphatic carbocycles. The van der Waals surface area contributed by atoms with E-state index in [0.29, 0.717) is 30.9 Å².